The summed E-state index contributed by atoms with van der Waals surface area (Å²) < 4.78 is 1.96. The van der Waals surface area contributed by atoms with Crippen molar-refractivity contribution in [3.63, 3.8) is 0 Å². The maximum Gasteiger partial charge on any atom is 0.173 e. The van der Waals surface area contributed by atoms with E-state index < -0.39 is 0 Å². The van der Waals surface area contributed by atoms with Crippen molar-refractivity contribution < 1.29 is 0 Å². The Morgan fingerprint density at radius 2 is 1.96 bits per heavy atom. The molecule has 7 heteroatoms. The van der Waals surface area contributed by atoms with Crippen LogP contribution in [0.1, 0.15) is 17.0 Å². The molecule has 1 N–H and O–H groups in total. The van der Waals surface area contributed by atoms with Crippen LogP contribution < -0.4 is 5.32 Å². The number of thiocarbonyl (C=S) groups is 1. The molecule has 3 rings (SSSR count). The van der Waals surface area contributed by atoms with Crippen molar-refractivity contribution in [2.45, 2.75) is 20.4 Å². The van der Waals surface area contributed by atoms with E-state index >= 15 is 0 Å². The molecular weight excluding hydrogens is 354 g/mol. The van der Waals surface area contributed by atoms with Crippen LogP contribution in [0.5, 0.6) is 0 Å². The Morgan fingerprint density at radius 3 is 2.56 bits per heavy atom. The second-order valence-corrected chi connectivity index (χ2v) is 7.30. The Labute approximate surface area is 159 Å². The molecule has 0 amide bonds. The minimum absolute atomic E-state index is 0.708. The number of hydrogen-bond acceptors (Lipinski definition) is 3. The monoisotopic (exact) mass is 377 g/mol. The molecular formula is C18H24ClN5S. The van der Waals surface area contributed by atoms with Crippen molar-refractivity contribution in [1.29, 1.82) is 0 Å². The first kappa shape index (κ1) is 18.2. The third-order valence-electron chi connectivity index (χ3n) is 4.78. The SMILES string of the molecule is Cc1nn(C)c(C)c1CN1CCN(C(=S)Nc2cccc(Cl)c2)CC1. The van der Waals surface area contributed by atoms with Crippen LogP contribution in [-0.2, 0) is 13.6 Å². The van der Waals surface area contributed by atoms with Crippen molar-refractivity contribution in [1.82, 2.24) is 19.6 Å². The fourth-order valence-corrected chi connectivity index (χ4v) is 3.64. The lowest BCUT2D eigenvalue weighted by Crippen LogP contribution is -2.49. The second kappa shape index (κ2) is 7.72. The average molecular weight is 378 g/mol. The van der Waals surface area contributed by atoms with Crippen molar-refractivity contribution in [2.24, 2.45) is 7.05 Å². The number of halogens is 1. The van der Waals surface area contributed by atoms with Gasteiger partial charge in [-0.15, -0.1) is 0 Å². The fraction of sp³-hybridized carbons (Fsp3) is 0.444. The zero-order chi connectivity index (χ0) is 18.0. The molecule has 1 saturated heterocycles. The third-order valence-corrected chi connectivity index (χ3v) is 5.37. The summed E-state index contributed by atoms with van der Waals surface area (Å²) in [6, 6.07) is 7.64. The van der Waals surface area contributed by atoms with E-state index in [2.05, 4.69) is 34.1 Å². The van der Waals surface area contributed by atoms with Gasteiger partial charge in [0.2, 0.25) is 0 Å². The van der Waals surface area contributed by atoms with E-state index in [0.717, 1.165) is 49.2 Å². The molecule has 2 aromatic rings. The predicted molar refractivity (Wildman–Crippen MR) is 107 cm³/mol. The Morgan fingerprint density at radius 1 is 1.24 bits per heavy atom. The van der Waals surface area contributed by atoms with Crippen LogP contribution in [0.2, 0.25) is 5.02 Å². The highest BCUT2D eigenvalue weighted by Gasteiger charge is 2.21. The Balaban J connectivity index is 1.54. The molecule has 0 spiro atoms. The Kier molecular flexibility index (Phi) is 5.61. The van der Waals surface area contributed by atoms with E-state index in [0.29, 0.717) is 5.02 Å². The Bertz CT molecular complexity index is 765. The number of hydrogen-bond donors (Lipinski definition) is 1. The van der Waals surface area contributed by atoms with Gasteiger partial charge in [0.25, 0.3) is 0 Å². The molecule has 1 aromatic carbocycles. The van der Waals surface area contributed by atoms with Crippen LogP contribution in [-0.4, -0.2) is 50.9 Å². The molecule has 1 aliphatic heterocycles. The number of rotatable bonds is 3. The summed E-state index contributed by atoms with van der Waals surface area (Å²) >= 11 is 11.6. The molecule has 0 bridgehead atoms. The van der Waals surface area contributed by atoms with Crippen LogP contribution >= 0.6 is 23.8 Å². The van der Waals surface area contributed by atoms with Crippen molar-refractivity contribution in [3.8, 4) is 0 Å². The summed E-state index contributed by atoms with van der Waals surface area (Å²) in [5, 5.41) is 9.26. The smallest absolute Gasteiger partial charge is 0.173 e. The summed E-state index contributed by atoms with van der Waals surface area (Å²) in [6.45, 7) is 9.00. The van der Waals surface area contributed by atoms with Gasteiger partial charge in [0, 0.05) is 61.7 Å². The molecule has 25 heavy (non-hydrogen) atoms. The van der Waals surface area contributed by atoms with Gasteiger partial charge in [0.15, 0.2) is 5.11 Å². The average Bonchev–Trinajstić information content (AvgIpc) is 2.82. The van der Waals surface area contributed by atoms with Gasteiger partial charge in [0.05, 0.1) is 5.69 Å². The van der Waals surface area contributed by atoms with E-state index in [9.17, 15) is 0 Å². The lowest BCUT2D eigenvalue weighted by Gasteiger charge is -2.36. The van der Waals surface area contributed by atoms with Gasteiger partial charge < -0.3 is 10.2 Å². The van der Waals surface area contributed by atoms with Crippen LogP contribution in [0.4, 0.5) is 5.69 Å². The van der Waals surface area contributed by atoms with Crippen molar-refractivity contribution in [2.75, 3.05) is 31.5 Å². The first-order valence-electron chi connectivity index (χ1n) is 8.47. The molecule has 0 aliphatic carbocycles. The van der Waals surface area contributed by atoms with Gasteiger partial charge in [-0.05, 0) is 44.3 Å². The van der Waals surface area contributed by atoms with Gasteiger partial charge in [-0.2, -0.15) is 5.10 Å². The van der Waals surface area contributed by atoms with Crippen LogP contribution in [0.15, 0.2) is 24.3 Å². The largest absolute Gasteiger partial charge is 0.346 e. The number of aryl methyl sites for hydroxylation is 2. The number of aromatic nitrogens is 2. The number of nitrogens with zero attached hydrogens (tertiary/aromatic N) is 4. The van der Waals surface area contributed by atoms with Crippen molar-refractivity contribution in [3.05, 3.63) is 46.2 Å². The highest BCUT2D eigenvalue weighted by atomic mass is 35.5. The summed E-state index contributed by atoms with van der Waals surface area (Å²) in [7, 11) is 2.00. The number of benzene rings is 1. The highest BCUT2D eigenvalue weighted by molar-refractivity contribution is 7.80. The quantitative estimate of drug-likeness (QED) is 0.831. The summed E-state index contributed by atoms with van der Waals surface area (Å²) in [6.07, 6.45) is 0. The maximum absolute atomic E-state index is 6.03. The highest BCUT2D eigenvalue weighted by Crippen LogP contribution is 2.18. The normalized spacial score (nSPS) is 15.4. The molecule has 0 unspecified atom stereocenters. The molecule has 0 saturated carbocycles. The van der Waals surface area contributed by atoms with Gasteiger partial charge in [0.1, 0.15) is 0 Å². The molecule has 1 fully saturated rings. The number of nitrogens with one attached hydrogen (secondary N) is 1. The third kappa shape index (κ3) is 4.32. The van der Waals surface area contributed by atoms with E-state index in [1.807, 2.05) is 36.0 Å². The van der Waals surface area contributed by atoms with Crippen LogP contribution in [0.3, 0.4) is 0 Å². The number of anilines is 1. The number of piperazine rings is 1. The molecule has 5 nitrogen and oxygen atoms in total. The van der Waals surface area contributed by atoms with Gasteiger partial charge in [-0.1, -0.05) is 17.7 Å². The summed E-state index contributed by atoms with van der Waals surface area (Å²) in [5.74, 6) is 0. The van der Waals surface area contributed by atoms with E-state index in [-0.39, 0.29) is 0 Å². The van der Waals surface area contributed by atoms with Gasteiger partial charge in [-0.3, -0.25) is 9.58 Å². The lowest BCUT2D eigenvalue weighted by molar-refractivity contribution is 0.176. The van der Waals surface area contributed by atoms with Gasteiger partial charge in [-0.25, -0.2) is 0 Å². The van der Waals surface area contributed by atoms with Gasteiger partial charge >= 0.3 is 0 Å². The molecule has 1 aliphatic rings. The van der Waals surface area contributed by atoms with Crippen LogP contribution in [0, 0.1) is 13.8 Å². The lowest BCUT2D eigenvalue weighted by atomic mass is 10.1. The van der Waals surface area contributed by atoms with E-state index in [1.165, 1.54) is 11.3 Å². The second-order valence-electron chi connectivity index (χ2n) is 6.48. The molecule has 0 radical (unpaired) electrons. The summed E-state index contributed by atoms with van der Waals surface area (Å²) in [5.41, 5.74) is 4.65. The maximum atomic E-state index is 6.03. The van der Waals surface area contributed by atoms with E-state index in [4.69, 9.17) is 23.8 Å². The zero-order valence-electron chi connectivity index (χ0n) is 14.9. The van der Waals surface area contributed by atoms with E-state index in [1.54, 1.807) is 0 Å². The zero-order valence-corrected chi connectivity index (χ0v) is 16.5. The molecule has 0 atom stereocenters. The fourth-order valence-electron chi connectivity index (χ4n) is 3.15. The summed E-state index contributed by atoms with van der Waals surface area (Å²) in [4.78, 5) is 4.69. The standard InChI is InChI=1S/C18H24ClN5S/c1-13-17(14(2)22(3)21-13)12-23-7-9-24(10-8-23)18(25)20-16-6-4-5-15(19)11-16/h4-6,11H,7-10,12H2,1-3H3,(H,20,25). The first-order chi connectivity index (χ1) is 11.9. The predicted octanol–water partition coefficient (Wildman–Crippen LogP) is 3.20. The first-order valence-corrected chi connectivity index (χ1v) is 9.25. The van der Waals surface area contributed by atoms with Crippen molar-refractivity contribution >= 4 is 34.6 Å². The minimum atomic E-state index is 0.708. The molecule has 134 valence electrons. The topological polar surface area (TPSA) is 36.3 Å². The molecule has 2 heterocycles. The minimum Gasteiger partial charge on any atom is -0.346 e. The van der Waals surface area contributed by atoms with Crippen LogP contribution in [0.25, 0.3) is 0 Å². The Hall–Kier alpha value is -1.63. The molecule has 1 aromatic heterocycles.